The highest BCUT2D eigenvalue weighted by Gasteiger charge is 2.13. The topological polar surface area (TPSA) is 15.6 Å². The third-order valence-corrected chi connectivity index (χ3v) is 4.44. The van der Waals surface area contributed by atoms with E-state index in [1.54, 1.807) is 11.8 Å². The molecule has 0 unspecified atom stereocenters. The smallest absolute Gasteiger partial charge is 0.160 e. The van der Waals surface area contributed by atoms with Crippen molar-refractivity contribution in [3.8, 4) is 0 Å². The summed E-state index contributed by atoms with van der Waals surface area (Å²) in [6.45, 7) is 9.89. The molecule has 0 amide bonds. The molecule has 24 heavy (non-hydrogen) atoms. The predicted octanol–water partition coefficient (Wildman–Crippen LogP) is 5.15. The monoisotopic (exact) mass is 336 g/mol. The molecular weight excluding hydrogens is 312 g/mol. The quantitative estimate of drug-likeness (QED) is 0.376. The first-order valence-corrected chi connectivity index (χ1v) is 9.04. The van der Waals surface area contributed by atoms with Crippen LogP contribution in [-0.2, 0) is 13.1 Å². The van der Waals surface area contributed by atoms with E-state index in [2.05, 4.69) is 66.6 Å². The van der Waals surface area contributed by atoms with Gasteiger partial charge in [-0.25, -0.2) is 0 Å². The summed E-state index contributed by atoms with van der Waals surface area (Å²) in [6, 6.07) is 21.0. The van der Waals surface area contributed by atoms with Gasteiger partial charge in [0.1, 0.15) is 0 Å². The van der Waals surface area contributed by atoms with E-state index in [4.69, 9.17) is 4.99 Å². The van der Waals surface area contributed by atoms with Crippen molar-refractivity contribution < 1.29 is 0 Å². The van der Waals surface area contributed by atoms with E-state index in [0.29, 0.717) is 6.54 Å². The first-order valence-electron chi connectivity index (χ1n) is 8.05. The van der Waals surface area contributed by atoms with E-state index in [1.165, 1.54) is 11.1 Å². The fourth-order valence-electron chi connectivity index (χ4n) is 2.31. The number of hydrogen-bond donors (Lipinski definition) is 0. The molecule has 0 heterocycles. The van der Waals surface area contributed by atoms with Crippen molar-refractivity contribution in [2.75, 3.05) is 12.3 Å². The average Bonchev–Trinajstić information content (AvgIpc) is 2.63. The lowest BCUT2D eigenvalue weighted by molar-refractivity contribution is 0.414. The van der Waals surface area contributed by atoms with Crippen LogP contribution in [0.5, 0.6) is 0 Å². The second-order valence-electron chi connectivity index (χ2n) is 5.34. The maximum Gasteiger partial charge on any atom is 0.160 e. The van der Waals surface area contributed by atoms with Crippen LogP contribution in [0.25, 0.3) is 0 Å². The van der Waals surface area contributed by atoms with E-state index in [9.17, 15) is 0 Å². The normalized spacial score (nSPS) is 11.1. The van der Waals surface area contributed by atoms with Crippen LogP contribution in [0.1, 0.15) is 11.1 Å². The highest BCUT2D eigenvalue weighted by Crippen LogP contribution is 2.17. The maximum absolute atomic E-state index is 4.71. The predicted molar refractivity (Wildman–Crippen MR) is 107 cm³/mol. The van der Waals surface area contributed by atoms with Crippen LogP contribution >= 0.6 is 11.8 Å². The first-order chi connectivity index (χ1) is 11.8. The van der Waals surface area contributed by atoms with Gasteiger partial charge in [0.15, 0.2) is 5.17 Å². The van der Waals surface area contributed by atoms with Crippen LogP contribution in [0.2, 0.25) is 0 Å². The highest BCUT2D eigenvalue weighted by molar-refractivity contribution is 8.13. The van der Waals surface area contributed by atoms with Crippen LogP contribution < -0.4 is 0 Å². The first kappa shape index (κ1) is 18.1. The highest BCUT2D eigenvalue weighted by atomic mass is 32.2. The minimum Gasteiger partial charge on any atom is -0.343 e. The Morgan fingerprint density at radius 3 is 1.88 bits per heavy atom. The van der Waals surface area contributed by atoms with E-state index in [-0.39, 0.29) is 0 Å². The van der Waals surface area contributed by atoms with Crippen LogP contribution in [0.15, 0.2) is 91.0 Å². The molecule has 0 saturated carbocycles. The Labute approximate surface area is 149 Å². The van der Waals surface area contributed by atoms with E-state index >= 15 is 0 Å². The van der Waals surface area contributed by atoms with Gasteiger partial charge in [-0.2, -0.15) is 0 Å². The van der Waals surface area contributed by atoms with Crippen molar-refractivity contribution in [2.24, 2.45) is 4.99 Å². The summed E-state index contributed by atoms with van der Waals surface area (Å²) in [5.41, 5.74) is 2.55. The molecule has 0 aliphatic carbocycles. The van der Waals surface area contributed by atoms with Gasteiger partial charge >= 0.3 is 0 Å². The molecule has 124 valence electrons. The summed E-state index contributed by atoms with van der Waals surface area (Å²) < 4.78 is 0. The van der Waals surface area contributed by atoms with Gasteiger partial charge in [-0.15, -0.1) is 13.2 Å². The van der Waals surface area contributed by atoms with Crippen molar-refractivity contribution in [3.05, 3.63) is 97.1 Å². The number of thioether (sulfide) groups is 1. The average molecular weight is 337 g/mol. The van der Waals surface area contributed by atoms with Crippen LogP contribution in [0.4, 0.5) is 0 Å². The van der Waals surface area contributed by atoms with Crippen molar-refractivity contribution in [3.63, 3.8) is 0 Å². The SMILES string of the molecule is C=CCN=C(SCC=C)N(Cc1ccccc1)Cc1ccccc1. The molecular formula is C21H24N2S. The van der Waals surface area contributed by atoms with Gasteiger partial charge in [0.05, 0.1) is 6.54 Å². The summed E-state index contributed by atoms with van der Waals surface area (Å²) in [5.74, 6) is 0.843. The molecule has 0 spiro atoms. The molecule has 2 aromatic rings. The van der Waals surface area contributed by atoms with Crippen LogP contribution in [0.3, 0.4) is 0 Å². The lowest BCUT2D eigenvalue weighted by Gasteiger charge is -2.26. The molecule has 0 atom stereocenters. The Morgan fingerprint density at radius 2 is 1.42 bits per heavy atom. The van der Waals surface area contributed by atoms with Crippen molar-refractivity contribution in [1.82, 2.24) is 4.90 Å². The van der Waals surface area contributed by atoms with E-state index in [0.717, 1.165) is 24.0 Å². The van der Waals surface area contributed by atoms with Crippen LogP contribution in [-0.4, -0.2) is 22.4 Å². The Bertz CT molecular complexity index is 609. The molecule has 2 nitrogen and oxygen atoms in total. The van der Waals surface area contributed by atoms with Crippen molar-refractivity contribution in [1.29, 1.82) is 0 Å². The van der Waals surface area contributed by atoms with E-state index < -0.39 is 0 Å². The summed E-state index contributed by atoms with van der Waals surface area (Å²) in [4.78, 5) is 7.03. The molecule has 0 fully saturated rings. The number of amidine groups is 1. The molecule has 0 aliphatic heterocycles. The lowest BCUT2D eigenvalue weighted by atomic mass is 10.2. The van der Waals surface area contributed by atoms with Gasteiger partial charge in [-0.3, -0.25) is 4.99 Å². The lowest BCUT2D eigenvalue weighted by Crippen LogP contribution is -2.28. The van der Waals surface area contributed by atoms with Gasteiger partial charge in [-0.05, 0) is 11.1 Å². The fourth-order valence-corrected chi connectivity index (χ4v) is 3.06. The van der Waals surface area contributed by atoms with Gasteiger partial charge < -0.3 is 4.90 Å². The molecule has 0 radical (unpaired) electrons. The van der Waals surface area contributed by atoms with Gasteiger partial charge in [-0.1, -0.05) is 84.6 Å². The number of aliphatic imine (C=N–C) groups is 1. The molecule has 0 bridgehead atoms. The summed E-state index contributed by atoms with van der Waals surface area (Å²) in [6.07, 6.45) is 3.75. The standard InChI is InChI=1S/C21H24N2S/c1-3-15-22-21(24-16-4-2)23(17-19-11-7-5-8-12-19)18-20-13-9-6-10-14-20/h3-14H,1-2,15-18H2. The Kier molecular flexibility index (Phi) is 7.91. The second-order valence-corrected chi connectivity index (χ2v) is 6.33. The Morgan fingerprint density at radius 1 is 0.875 bits per heavy atom. The van der Waals surface area contributed by atoms with Gasteiger partial charge in [0, 0.05) is 18.8 Å². The van der Waals surface area contributed by atoms with Crippen LogP contribution in [0, 0.1) is 0 Å². The minimum atomic E-state index is 0.625. The summed E-state index contributed by atoms with van der Waals surface area (Å²) in [7, 11) is 0. The summed E-state index contributed by atoms with van der Waals surface area (Å²) in [5, 5.41) is 1.03. The third kappa shape index (κ3) is 6.09. The van der Waals surface area contributed by atoms with Crippen molar-refractivity contribution in [2.45, 2.75) is 13.1 Å². The van der Waals surface area contributed by atoms with E-state index in [1.807, 2.05) is 24.3 Å². The number of benzene rings is 2. The molecule has 2 aromatic carbocycles. The zero-order valence-electron chi connectivity index (χ0n) is 14.0. The molecule has 0 N–H and O–H groups in total. The maximum atomic E-state index is 4.71. The zero-order valence-corrected chi connectivity index (χ0v) is 14.8. The fraction of sp³-hybridized carbons (Fsp3) is 0.190. The molecule has 0 aromatic heterocycles. The largest absolute Gasteiger partial charge is 0.343 e. The third-order valence-electron chi connectivity index (χ3n) is 3.39. The molecule has 3 heteroatoms. The number of rotatable bonds is 8. The molecule has 2 rings (SSSR count). The molecule has 0 aliphatic rings. The minimum absolute atomic E-state index is 0.625. The van der Waals surface area contributed by atoms with Gasteiger partial charge in [0.25, 0.3) is 0 Å². The Balaban J connectivity index is 2.24. The number of nitrogens with zero attached hydrogens (tertiary/aromatic N) is 2. The summed E-state index contributed by atoms with van der Waals surface area (Å²) >= 11 is 1.72. The Hall–Kier alpha value is -2.26. The molecule has 0 saturated heterocycles. The number of hydrogen-bond acceptors (Lipinski definition) is 2. The second kappa shape index (κ2) is 10.5. The van der Waals surface area contributed by atoms with Crippen molar-refractivity contribution >= 4 is 16.9 Å². The zero-order chi connectivity index (χ0) is 17.0. The van der Waals surface area contributed by atoms with Gasteiger partial charge in [0.2, 0.25) is 0 Å².